The minimum Gasteiger partial charge on any atom is -0.481 e. The quantitative estimate of drug-likeness (QED) is 0.330. The molecule has 1 aliphatic heterocycles. The third kappa shape index (κ3) is 8.34. The lowest BCUT2D eigenvalue weighted by atomic mass is 9.85. The number of rotatable bonds is 12. The van der Waals surface area contributed by atoms with Crippen LogP contribution in [-0.4, -0.2) is 70.5 Å². The smallest absolute Gasteiger partial charge is 0.305 e. The number of benzene rings is 1. The predicted molar refractivity (Wildman–Crippen MR) is 153 cm³/mol. The minimum absolute atomic E-state index is 0.00225. The molecule has 1 aliphatic rings. The normalized spacial score (nSPS) is 16.8. The molecule has 3 N–H and O–H groups in total. The Kier molecular flexibility index (Phi) is 10.8. The fourth-order valence-electron chi connectivity index (χ4n) is 4.67. The second kappa shape index (κ2) is 13.8. The Balaban J connectivity index is 1.60. The molecule has 0 bridgehead atoms. The number of nitrogens with one attached hydrogen (secondary N) is 2. The Morgan fingerprint density at radius 3 is 2.40 bits per heavy atom. The van der Waals surface area contributed by atoms with E-state index in [2.05, 4.69) is 15.6 Å². The number of aromatic nitrogens is 1. The van der Waals surface area contributed by atoms with Crippen LogP contribution in [0.4, 0.5) is 0 Å². The monoisotopic (exact) mass is 572 g/mol. The molecule has 0 unspecified atom stereocenters. The first-order valence-corrected chi connectivity index (χ1v) is 14.5. The van der Waals surface area contributed by atoms with Gasteiger partial charge in [0.1, 0.15) is 12.1 Å². The number of carboxylic acid groups (broad SMARTS) is 1. The molecule has 1 fully saturated rings. The molecule has 1 aromatic carbocycles. The Bertz CT molecular complexity index is 1190. The van der Waals surface area contributed by atoms with Gasteiger partial charge in [0.25, 0.3) is 0 Å². The molecule has 3 amide bonds. The zero-order chi connectivity index (χ0) is 29.4. The van der Waals surface area contributed by atoms with Crippen molar-refractivity contribution < 1.29 is 29.0 Å². The van der Waals surface area contributed by atoms with E-state index in [0.717, 1.165) is 21.7 Å². The summed E-state index contributed by atoms with van der Waals surface area (Å²) in [5, 5.41) is 14.6. The summed E-state index contributed by atoms with van der Waals surface area (Å²) < 4.78 is 5.20. The van der Waals surface area contributed by atoms with Crippen molar-refractivity contribution in [2.24, 2.45) is 5.41 Å². The first-order chi connectivity index (χ1) is 18.9. The number of carbonyl (C=O) groups is 4. The van der Waals surface area contributed by atoms with E-state index in [-0.39, 0.29) is 49.8 Å². The SMILES string of the molecule is Cc1ncsc1-c1ccc([C@H](C)NC(=O)[C@@H]2CCCN2C(=O)[C@@H](NC(=O)CCOCCC(=O)O)C(C)(C)C)cc1. The maximum absolute atomic E-state index is 13.7. The number of likely N-dealkylation sites (tertiary alicyclic amines) is 1. The summed E-state index contributed by atoms with van der Waals surface area (Å²) >= 11 is 1.59. The van der Waals surface area contributed by atoms with Gasteiger partial charge in [-0.3, -0.25) is 19.2 Å². The lowest BCUT2D eigenvalue weighted by molar-refractivity contribution is -0.144. The highest BCUT2D eigenvalue weighted by Gasteiger charge is 2.42. The Labute approximate surface area is 239 Å². The summed E-state index contributed by atoms with van der Waals surface area (Å²) in [5.41, 5.74) is 4.26. The largest absolute Gasteiger partial charge is 0.481 e. The summed E-state index contributed by atoms with van der Waals surface area (Å²) in [7, 11) is 0. The van der Waals surface area contributed by atoms with Crippen LogP contribution in [-0.2, 0) is 23.9 Å². The first kappa shape index (κ1) is 31.2. The minimum atomic E-state index is -0.971. The van der Waals surface area contributed by atoms with Gasteiger partial charge in [0, 0.05) is 13.0 Å². The molecule has 11 heteroatoms. The molecule has 2 heterocycles. The molecule has 1 saturated heterocycles. The van der Waals surface area contributed by atoms with Crippen molar-refractivity contribution in [3.63, 3.8) is 0 Å². The van der Waals surface area contributed by atoms with Gasteiger partial charge in [-0.2, -0.15) is 0 Å². The fourth-order valence-corrected chi connectivity index (χ4v) is 5.48. The van der Waals surface area contributed by atoms with Gasteiger partial charge in [-0.05, 0) is 43.2 Å². The zero-order valence-electron chi connectivity index (χ0n) is 23.9. The molecule has 0 saturated carbocycles. The van der Waals surface area contributed by atoms with Crippen molar-refractivity contribution >= 4 is 35.0 Å². The van der Waals surface area contributed by atoms with Gasteiger partial charge in [0.2, 0.25) is 17.7 Å². The Hall–Kier alpha value is -3.31. The Morgan fingerprint density at radius 2 is 1.80 bits per heavy atom. The number of aryl methyl sites for hydroxylation is 1. The molecular weight excluding hydrogens is 532 g/mol. The number of carbonyl (C=O) groups excluding carboxylic acids is 3. The number of carboxylic acids is 1. The number of thiazole rings is 1. The summed E-state index contributed by atoms with van der Waals surface area (Å²) in [4.78, 5) is 57.2. The van der Waals surface area contributed by atoms with Gasteiger partial charge < -0.3 is 25.4 Å². The van der Waals surface area contributed by atoms with Crippen LogP contribution in [0.2, 0.25) is 0 Å². The molecule has 3 atom stereocenters. The van der Waals surface area contributed by atoms with Crippen molar-refractivity contribution in [2.45, 2.75) is 78.4 Å². The maximum atomic E-state index is 13.7. The van der Waals surface area contributed by atoms with E-state index in [1.54, 1.807) is 16.2 Å². The van der Waals surface area contributed by atoms with E-state index in [0.29, 0.717) is 19.4 Å². The summed E-state index contributed by atoms with van der Waals surface area (Å²) in [6.45, 7) is 10.0. The summed E-state index contributed by atoms with van der Waals surface area (Å²) in [5.74, 6) is -1.84. The van der Waals surface area contributed by atoms with E-state index < -0.39 is 23.5 Å². The molecular formula is C29H40N4O6S. The van der Waals surface area contributed by atoms with Crippen LogP contribution in [0.25, 0.3) is 10.4 Å². The summed E-state index contributed by atoms with van der Waals surface area (Å²) in [6.07, 6.45) is 1.11. The van der Waals surface area contributed by atoms with Crippen LogP contribution in [0.1, 0.15) is 70.7 Å². The number of nitrogens with zero attached hydrogens (tertiary/aromatic N) is 2. The number of aliphatic carboxylic acids is 1. The molecule has 2 aromatic rings. The second-order valence-electron chi connectivity index (χ2n) is 11.2. The lowest BCUT2D eigenvalue weighted by Gasteiger charge is -2.35. The van der Waals surface area contributed by atoms with E-state index in [9.17, 15) is 19.2 Å². The van der Waals surface area contributed by atoms with Crippen LogP contribution in [0.5, 0.6) is 0 Å². The number of amides is 3. The third-order valence-electron chi connectivity index (χ3n) is 6.97. The van der Waals surface area contributed by atoms with E-state index in [1.807, 2.05) is 64.4 Å². The zero-order valence-corrected chi connectivity index (χ0v) is 24.7. The molecule has 0 radical (unpaired) electrons. The second-order valence-corrected chi connectivity index (χ2v) is 12.0. The van der Waals surface area contributed by atoms with E-state index >= 15 is 0 Å². The number of hydrogen-bond donors (Lipinski definition) is 3. The van der Waals surface area contributed by atoms with Gasteiger partial charge in [0.05, 0.1) is 41.8 Å². The van der Waals surface area contributed by atoms with Crippen LogP contribution in [0, 0.1) is 12.3 Å². The van der Waals surface area contributed by atoms with Crippen molar-refractivity contribution in [3.05, 3.63) is 41.0 Å². The van der Waals surface area contributed by atoms with E-state index in [1.165, 1.54) is 0 Å². The highest BCUT2D eigenvalue weighted by atomic mass is 32.1. The maximum Gasteiger partial charge on any atom is 0.305 e. The van der Waals surface area contributed by atoms with Crippen LogP contribution >= 0.6 is 11.3 Å². The summed E-state index contributed by atoms with van der Waals surface area (Å²) in [6, 6.07) is 6.35. The molecule has 1 aromatic heterocycles. The number of ether oxygens (including phenoxy) is 1. The molecule has 40 heavy (non-hydrogen) atoms. The Morgan fingerprint density at radius 1 is 1.12 bits per heavy atom. The third-order valence-corrected chi connectivity index (χ3v) is 7.95. The fraction of sp³-hybridized carbons (Fsp3) is 0.552. The highest BCUT2D eigenvalue weighted by molar-refractivity contribution is 7.13. The van der Waals surface area contributed by atoms with Crippen molar-refractivity contribution in [1.82, 2.24) is 20.5 Å². The van der Waals surface area contributed by atoms with Crippen LogP contribution < -0.4 is 10.6 Å². The van der Waals surface area contributed by atoms with Gasteiger partial charge in [-0.25, -0.2) is 4.98 Å². The first-order valence-electron chi connectivity index (χ1n) is 13.6. The van der Waals surface area contributed by atoms with Gasteiger partial charge in [0.15, 0.2) is 0 Å². The van der Waals surface area contributed by atoms with Crippen molar-refractivity contribution in [2.75, 3.05) is 19.8 Å². The van der Waals surface area contributed by atoms with Crippen molar-refractivity contribution in [3.8, 4) is 10.4 Å². The number of hydrogen-bond acceptors (Lipinski definition) is 7. The topological polar surface area (TPSA) is 138 Å². The molecule has 0 aliphatic carbocycles. The molecule has 3 rings (SSSR count). The average Bonchev–Trinajstić information content (AvgIpc) is 3.55. The van der Waals surface area contributed by atoms with Crippen molar-refractivity contribution in [1.29, 1.82) is 0 Å². The van der Waals surface area contributed by atoms with E-state index in [4.69, 9.17) is 9.84 Å². The molecule has 10 nitrogen and oxygen atoms in total. The standard InChI is InChI=1S/C29H40N4O6S/c1-18(20-8-10-21(11-9-20)25-19(2)30-17-40-25)31-27(37)22-7-6-14-33(22)28(38)26(29(3,4)5)32-23(34)12-15-39-16-13-24(35)36/h8-11,17-18,22,26H,6-7,12-16H2,1-5H3,(H,31,37)(H,32,34)(H,35,36)/t18-,22-,26+/m0/s1. The molecule has 218 valence electrons. The van der Waals surface area contributed by atoms with Gasteiger partial charge in [-0.1, -0.05) is 45.0 Å². The molecule has 0 spiro atoms. The van der Waals surface area contributed by atoms with Gasteiger partial charge in [-0.15, -0.1) is 11.3 Å². The lowest BCUT2D eigenvalue weighted by Crippen LogP contribution is -2.57. The van der Waals surface area contributed by atoms with Crippen LogP contribution in [0.3, 0.4) is 0 Å². The predicted octanol–water partition coefficient (Wildman–Crippen LogP) is 3.70. The average molecular weight is 573 g/mol. The van der Waals surface area contributed by atoms with Gasteiger partial charge >= 0.3 is 5.97 Å². The van der Waals surface area contributed by atoms with Crippen LogP contribution in [0.15, 0.2) is 29.8 Å². The highest BCUT2D eigenvalue weighted by Crippen LogP contribution is 2.29.